The number of carbonyl (C=O) groups excluding carboxylic acids is 1. The van der Waals surface area contributed by atoms with Crippen LogP contribution in [0.4, 0.5) is 5.95 Å². The summed E-state index contributed by atoms with van der Waals surface area (Å²) in [6.07, 6.45) is 2.13. The quantitative estimate of drug-likeness (QED) is 0.523. The molecule has 0 saturated carbocycles. The zero-order chi connectivity index (χ0) is 22.1. The lowest BCUT2D eigenvalue weighted by molar-refractivity contribution is 0.0948. The summed E-state index contributed by atoms with van der Waals surface area (Å²) in [4.78, 5) is 33.2. The maximum Gasteiger partial charge on any atom is 0.267 e. The summed E-state index contributed by atoms with van der Waals surface area (Å²) in [5.41, 5.74) is 1.62. The highest BCUT2D eigenvalue weighted by molar-refractivity contribution is 5.97. The van der Waals surface area contributed by atoms with Gasteiger partial charge in [0.05, 0.1) is 23.1 Å². The number of hydrogen-bond donors (Lipinski definition) is 1. The Morgan fingerprint density at radius 1 is 1.06 bits per heavy atom. The number of aromatic nitrogens is 2. The highest BCUT2D eigenvalue weighted by Crippen LogP contribution is 2.23. The van der Waals surface area contributed by atoms with Crippen molar-refractivity contribution >= 4 is 22.8 Å². The molecule has 0 bridgehead atoms. The van der Waals surface area contributed by atoms with E-state index in [0.717, 1.165) is 37.4 Å². The second-order valence-electron chi connectivity index (χ2n) is 8.01. The molecule has 0 aliphatic carbocycles. The van der Waals surface area contributed by atoms with Gasteiger partial charge in [0.25, 0.3) is 11.5 Å². The smallest absolute Gasteiger partial charge is 0.267 e. The number of furan rings is 1. The van der Waals surface area contributed by atoms with Gasteiger partial charge in [-0.2, -0.15) is 0 Å². The molecule has 2 aromatic carbocycles. The minimum Gasteiger partial charge on any atom is -0.465 e. The molecule has 1 aliphatic heterocycles. The predicted octanol–water partition coefficient (Wildman–Crippen LogP) is 3.82. The van der Waals surface area contributed by atoms with E-state index in [2.05, 4.69) is 10.2 Å². The minimum atomic E-state index is -0.238. The van der Waals surface area contributed by atoms with Gasteiger partial charge in [-0.1, -0.05) is 18.2 Å². The number of benzene rings is 2. The van der Waals surface area contributed by atoms with Gasteiger partial charge >= 0.3 is 0 Å². The Kier molecular flexibility index (Phi) is 5.23. The van der Waals surface area contributed by atoms with E-state index < -0.39 is 0 Å². The second kappa shape index (κ2) is 8.34. The minimum absolute atomic E-state index is 0.138. The van der Waals surface area contributed by atoms with Crippen LogP contribution in [0.3, 0.4) is 0 Å². The van der Waals surface area contributed by atoms with Crippen molar-refractivity contribution < 1.29 is 9.21 Å². The largest absolute Gasteiger partial charge is 0.465 e. The van der Waals surface area contributed by atoms with Gasteiger partial charge in [0.2, 0.25) is 5.95 Å². The number of amides is 1. The molecule has 7 nitrogen and oxygen atoms in total. The second-order valence-corrected chi connectivity index (χ2v) is 8.01. The molecule has 32 heavy (non-hydrogen) atoms. The third kappa shape index (κ3) is 3.77. The molecule has 1 N–H and O–H groups in total. The highest BCUT2D eigenvalue weighted by Gasteiger charge is 2.21. The van der Waals surface area contributed by atoms with Crippen LogP contribution in [0, 0.1) is 6.92 Å². The maximum absolute atomic E-state index is 13.5. The summed E-state index contributed by atoms with van der Waals surface area (Å²) < 4.78 is 7.18. The van der Waals surface area contributed by atoms with Gasteiger partial charge in [0.1, 0.15) is 11.5 Å². The van der Waals surface area contributed by atoms with E-state index in [0.29, 0.717) is 34.7 Å². The van der Waals surface area contributed by atoms with Crippen molar-refractivity contribution in [2.24, 2.45) is 0 Å². The summed E-state index contributed by atoms with van der Waals surface area (Å²) in [6, 6.07) is 18.3. The van der Waals surface area contributed by atoms with Gasteiger partial charge < -0.3 is 14.6 Å². The Balaban J connectivity index is 1.54. The molecule has 1 amide bonds. The molecular formula is C25H24N4O3. The van der Waals surface area contributed by atoms with Crippen LogP contribution < -0.4 is 15.8 Å². The Morgan fingerprint density at radius 2 is 1.84 bits per heavy atom. The molecule has 7 heteroatoms. The van der Waals surface area contributed by atoms with Crippen molar-refractivity contribution in [1.29, 1.82) is 0 Å². The van der Waals surface area contributed by atoms with Crippen LogP contribution >= 0.6 is 0 Å². The molecule has 1 fully saturated rings. The highest BCUT2D eigenvalue weighted by atomic mass is 16.3. The monoisotopic (exact) mass is 428 g/mol. The van der Waals surface area contributed by atoms with Crippen LogP contribution in [0.1, 0.15) is 34.7 Å². The van der Waals surface area contributed by atoms with Crippen LogP contribution in [0.2, 0.25) is 0 Å². The lowest BCUT2D eigenvalue weighted by Gasteiger charge is -2.22. The van der Waals surface area contributed by atoms with Crippen molar-refractivity contribution in [1.82, 2.24) is 14.9 Å². The first-order chi connectivity index (χ1) is 15.6. The fraction of sp³-hybridized carbons (Fsp3) is 0.240. The van der Waals surface area contributed by atoms with E-state index in [-0.39, 0.29) is 11.5 Å². The number of hydrogen-bond acceptors (Lipinski definition) is 5. The third-order valence-electron chi connectivity index (χ3n) is 5.74. The molecule has 1 aliphatic rings. The standard InChI is InChI=1S/C25H24N4O3/c1-17-9-11-20(32-17)16-26-23(30)18-10-12-21-22(15-18)27-25(28-13-5-6-14-28)29(24(21)31)19-7-3-2-4-8-19/h2-4,7-12,15H,5-6,13-14,16H2,1H3,(H,26,30). The molecule has 1 saturated heterocycles. The summed E-state index contributed by atoms with van der Waals surface area (Å²) in [6.45, 7) is 3.87. The zero-order valence-electron chi connectivity index (χ0n) is 17.9. The number of nitrogens with one attached hydrogen (secondary N) is 1. The topological polar surface area (TPSA) is 80.4 Å². The van der Waals surface area contributed by atoms with E-state index >= 15 is 0 Å². The molecule has 3 heterocycles. The predicted molar refractivity (Wildman–Crippen MR) is 123 cm³/mol. The van der Waals surface area contributed by atoms with Crippen LogP contribution in [0.5, 0.6) is 0 Å². The zero-order valence-corrected chi connectivity index (χ0v) is 17.9. The fourth-order valence-electron chi connectivity index (χ4n) is 4.10. The number of nitrogens with zero attached hydrogens (tertiary/aromatic N) is 3. The number of carbonyl (C=O) groups is 1. The molecule has 0 spiro atoms. The normalized spacial score (nSPS) is 13.6. The number of anilines is 1. The molecule has 0 atom stereocenters. The van der Waals surface area contributed by atoms with Crippen molar-refractivity contribution in [3.63, 3.8) is 0 Å². The first-order valence-electron chi connectivity index (χ1n) is 10.8. The van der Waals surface area contributed by atoms with Crippen molar-refractivity contribution in [2.75, 3.05) is 18.0 Å². The molecule has 2 aromatic heterocycles. The van der Waals surface area contributed by atoms with Gasteiger partial charge in [0.15, 0.2) is 0 Å². The number of rotatable bonds is 5. The SMILES string of the molecule is Cc1ccc(CNC(=O)c2ccc3c(=O)n(-c4ccccc4)c(N4CCCC4)nc3c2)o1. The Morgan fingerprint density at radius 3 is 2.56 bits per heavy atom. The van der Waals surface area contributed by atoms with Gasteiger partial charge in [-0.3, -0.25) is 9.59 Å². The van der Waals surface area contributed by atoms with E-state index in [1.54, 1.807) is 22.8 Å². The number of aryl methyl sites for hydroxylation is 1. The average Bonchev–Trinajstić information content (AvgIpc) is 3.49. The lowest BCUT2D eigenvalue weighted by Crippen LogP contribution is -2.30. The third-order valence-corrected chi connectivity index (χ3v) is 5.74. The first kappa shape index (κ1) is 20.1. The first-order valence-corrected chi connectivity index (χ1v) is 10.8. The Labute approximate surface area is 185 Å². The molecule has 0 unspecified atom stereocenters. The van der Waals surface area contributed by atoms with E-state index in [1.165, 1.54) is 0 Å². The summed E-state index contributed by atoms with van der Waals surface area (Å²) in [7, 11) is 0. The van der Waals surface area contributed by atoms with Crippen molar-refractivity contribution in [2.45, 2.75) is 26.3 Å². The number of para-hydroxylation sites is 1. The average molecular weight is 428 g/mol. The lowest BCUT2D eigenvalue weighted by atomic mass is 10.1. The summed E-state index contributed by atoms with van der Waals surface area (Å²) in [5, 5.41) is 3.34. The Bertz CT molecular complexity index is 1330. The van der Waals surface area contributed by atoms with Crippen LogP contribution in [-0.4, -0.2) is 28.5 Å². The van der Waals surface area contributed by atoms with Gasteiger partial charge in [-0.05, 0) is 62.2 Å². The van der Waals surface area contributed by atoms with Gasteiger partial charge in [-0.15, -0.1) is 0 Å². The van der Waals surface area contributed by atoms with Crippen LogP contribution in [0.25, 0.3) is 16.6 Å². The van der Waals surface area contributed by atoms with E-state index in [1.807, 2.05) is 49.4 Å². The maximum atomic E-state index is 13.5. The van der Waals surface area contributed by atoms with Gasteiger partial charge in [-0.25, -0.2) is 9.55 Å². The molecular weight excluding hydrogens is 404 g/mol. The molecule has 0 radical (unpaired) electrons. The van der Waals surface area contributed by atoms with Crippen LogP contribution in [0.15, 0.2) is 69.9 Å². The van der Waals surface area contributed by atoms with Crippen molar-refractivity contribution in [3.05, 3.63) is 88.1 Å². The van der Waals surface area contributed by atoms with Crippen molar-refractivity contribution in [3.8, 4) is 5.69 Å². The van der Waals surface area contributed by atoms with E-state index in [9.17, 15) is 9.59 Å². The number of fused-ring (bicyclic) bond motifs is 1. The summed E-state index contributed by atoms with van der Waals surface area (Å²) >= 11 is 0. The van der Waals surface area contributed by atoms with Crippen LogP contribution in [-0.2, 0) is 6.54 Å². The van der Waals surface area contributed by atoms with E-state index in [4.69, 9.17) is 9.40 Å². The molecule has 5 rings (SSSR count). The molecule has 4 aromatic rings. The van der Waals surface area contributed by atoms with Gasteiger partial charge in [0, 0.05) is 18.7 Å². The fourth-order valence-corrected chi connectivity index (χ4v) is 4.10. The Hall–Kier alpha value is -3.87. The summed E-state index contributed by atoms with van der Waals surface area (Å²) in [5.74, 6) is 1.87. The molecule has 162 valence electrons.